The third-order valence-electron chi connectivity index (χ3n) is 8.71. The van der Waals surface area contributed by atoms with Crippen molar-refractivity contribution in [3.05, 3.63) is 90.6 Å². The summed E-state index contributed by atoms with van der Waals surface area (Å²) in [6.07, 6.45) is 1.25. The second-order valence-corrected chi connectivity index (χ2v) is 17.5. The number of carbonyl (C=O) groups is 1. The highest BCUT2D eigenvalue weighted by Gasteiger charge is 2.24. The molecule has 3 aromatic carbocycles. The van der Waals surface area contributed by atoms with Crippen LogP contribution in [0.4, 0.5) is 16.3 Å². The number of thiazole rings is 1. The number of fused-ring (bicyclic) bond motifs is 1. The molecule has 0 unspecified atom stereocenters. The zero-order valence-electron chi connectivity index (χ0n) is 35.3. The van der Waals surface area contributed by atoms with E-state index >= 15 is 0 Å². The van der Waals surface area contributed by atoms with Crippen LogP contribution in [0, 0.1) is 6.92 Å². The fraction of sp³-hybridized carbons (Fsp3) is 0.432. The summed E-state index contributed by atoms with van der Waals surface area (Å²) in [6, 6.07) is 24.8. The lowest BCUT2D eigenvalue weighted by atomic mass is 10.1. The minimum absolute atomic E-state index is 0.0788. The van der Waals surface area contributed by atoms with Crippen LogP contribution < -0.4 is 9.80 Å². The second kappa shape index (κ2) is 22.9. The fourth-order valence-corrected chi connectivity index (χ4v) is 7.46. The van der Waals surface area contributed by atoms with E-state index in [1.54, 1.807) is 29.7 Å². The Morgan fingerprint density at radius 3 is 1.78 bits per heavy atom. The number of nitrogens with zero attached hydrogens (tertiary/aromatic N) is 4. The van der Waals surface area contributed by atoms with Crippen LogP contribution in [0.1, 0.15) is 26.3 Å². The molecule has 0 saturated heterocycles. The normalized spacial score (nSPS) is 11.9. The van der Waals surface area contributed by atoms with E-state index in [1.807, 2.05) is 53.9 Å². The first-order valence-electron chi connectivity index (χ1n) is 19.8. The highest BCUT2D eigenvalue weighted by Crippen LogP contribution is 2.33. The molecule has 0 fully saturated rings. The van der Waals surface area contributed by atoms with Crippen LogP contribution in [-0.4, -0.2) is 123 Å². The number of benzene rings is 3. The molecule has 5 rings (SSSR count). The molecular formula is C44H56N4O10S2. The quantitative estimate of drug-likeness (QED) is 0.0443. The molecule has 1 amide bonds. The molecule has 0 N–H and O–H groups in total. The number of amides is 1. The number of aromatic nitrogens is 2. The second-order valence-electron chi connectivity index (χ2n) is 14.8. The van der Waals surface area contributed by atoms with Crippen molar-refractivity contribution in [1.29, 1.82) is 0 Å². The molecule has 0 spiro atoms. The topological polar surface area (TPSA) is 148 Å². The molecule has 0 aliphatic rings. The largest absolute Gasteiger partial charge is 0.443 e. The van der Waals surface area contributed by atoms with Gasteiger partial charge in [-0.15, -0.1) is 11.3 Å². The number of anilines is 2. The first-order valence-corrected chi connectivity index (χ1v) is 22.0. The van der Waals surface area contributed by atoms with Crippen LogP contribution in [0.25, 0.3) is 31.9 Å². The van der Waals surface area contributed by atoms with E-state index in [1.165, 1.54) is 17.0 Å². The number of ether oxygens (including phenoxy) is 6. The van der Waals surface area contributed by atoms with Gasteiger partial charge in [0.05, 0.1) is 94.3 Å². The average molecular weight is 865 g/mol. The molecule has 2 heterocycles. The van der Waals surface area contributed by atoms with Gasteiger partial charge in [0.1, 0.15) is 16.4 Å². The Morgan fingerprint density at radius 1 is 0.683 bits per heavy atom. The molecule has 2 aromatic heterocycles. The molecule has 14 nitrogen and oxygen atoms in total. The summed E-state index contributed by atoms with van der Waals surface area (Å²) in [7, 11) is 0.259. The lowest BCUT2D eigenvalue weighted by Crippen LogP contribution is -2.39. The van der Waals surface area contributed by atoms with Crippen molar-refractivity contribution >= 4 is 49.3 Å². The molecule has 0 aliphatic carbocycles. The molecular weight excluding hydrogens is 809 g/mol. The van der Waals surface area contributed by atoms with Gasteiger partial charge in [-0.05, 0) is 75.7 Å². The minimum Gasteiger partial charge on any atom is -0.443 e. The van der Waals surface area contributed by atoms with Crippen LogP contribution in [0.15, 0.2) is 90.0 Å². The maximum atomic E-state index is 13.2. The molecule has 0 saturated carbocycles. The molecule has 324 valence electrons. The van der Waals surface area contributed by atoms with Crippen LogP contribution in [-0.2, 0) is 42.7 Å². The molecule has 0 radical (unpaired) electrons. The summed E-state index contributed by atoms with van der Waals surface area (Å²) in [6.45, 7) is 10.8. The van der Waals surface area contributed by atoms with Crippen LogP contribution >= 0.6 is 11.3 Å². The van der Waals surface area contributed by atoms with Gasteiger partial charge in [0.25, 0.3) is 10.1 Å². The van der Waals surface area contributed by atoms with E-state index in [0.29, 0.717) is 58.7 Å². The first kappa shape index (κ1) is 46.5. The third-order valence-corrected chi connectivity index (χ3v) is 11.1. The van der Waals surface area contributed by atoms with E-state index in [4.69, 9.17) is 37.6 Å². The molecule has 16 heteroatoms. The zero-order valence-corrected chi connectivity index (χ0v) is 36.9. The summed E-state index contributed by atoms with van der Waals surface area (Å²) >= 11 is 1.67. The molecule has 0 aliphatic heterocycles. The monoisotopic (exact) mass is 864 g/mol. The van der Waals surface area contributed by atoms with Gasteiger partial charge in [-0.2, -0.15) is 8.42 Å². The van der Waals surface area contributed by atoms with Gasteiger partial charge >= 0.3 is 6.09 Å². The van der Waals surface area contributed by atoms with Crippen molar-refractivity contribution in [2.45, 2.75) is 38.2 Å². The summed E-state index contributed by atoms with van der Waals surface area (Å²) in [5, 5.41) is 0.965. The number of rotatable bonds is 24. The molecule has 0 bridgehead atoms. The van der Waals surface area contributed by atoms with Crippen molar-refractivity contribution in [3.63, 3.8) is 0 Å². The van der Waals surface area contributed by atoms with Crippen molar-refractivity contribution in [3.8, 4) is 21.7 Å². The van der Waals surface area contributed by atoms with E-state index in [-0.39, 0.29) is 31.3 Å². The Bertz CT molecular complexity index is 2170. The summed E-state index contributed by atoms with van der Waals surface area (Å²) < 4.78 is 63.9. The predicted octanol–water partition coefficient (Wildman–Crippen LogP) is 7.63. The third kappa shape index (κ3) is 14.9. The van der Waals surface area contributed by atoms with Crippen molar-refractivity contribution < 1.29 is 45.8 Å². The van der Waals surface area contributed by atoms with E-state index < -0.39 is 21.8 Å². The number of hydrogen-bond donors (Lipinski definition) is 0. The number of carbonyl (C=O) groups excluding carboxylic acids is 1. The van der Waals surface area contributed by atoms with Gasteiger partial charge < -0.3 is 33.3 Å². The molecule has 60 heavy (non-hydrogen) atoms. The SMILES string of the molecule is Cc1ccc(S(=O)(=O)OCCOCCOCCOCCOCCOCCN(C(=O)OC(C)(C)C)c2ccc(-c3ccc(-c4nc5ccc(N(C)C)cc5s4)cc3)cn2)cc1. The Balaban J connectivity index is 0.947. The van der Waals surface area contributed by atoms with Crippen molar-refractivity contribution in [2.75, 3.05) is 103 Å². The number of aryl methyl sites for hydroxylation is 1. The van der Waals surface area contributed by atoms with E-state index in [2.05, 4.69) is 52.3 Å². The number of pyridine rings is 1. The van der Waals surface area contributed by atoms with Crippen molar-refractivity contribution in [2.24, 2.45) is 0 Å². The standard InChI is InChI=1S/C44H56N4O10S2/c1-33-7-15-38(16-8-33)60(50,51)57-30-29-56-28-27-55-26-25-54-24-23-53-22-21-52-20-19-48(43(49)58-44(2,3)4)41-18-13-36(32-45-41)34-9-11-35(12-10-34)42-46-39-17-14-37(47(5)6)31-40(39)59-42/h7-18,31-32H,19-30H2,1-6H3. The average Bonchev–Trinajstić information content (AvgIpc) is 3.65. The number of hydrogen-bond acceptors (Lipinski definition) is 14. The van der Waals surface area contributed by atoms with Crippen LogP contribution in [0.5, 0.6) is 0 Å². The van der Waals surface area contributed by atoms with Crippen LogP contribution in [0.2, 0.25) is 0 Å². The van der Waals surface area contributed by atoms with Gasteiger partial charge in [-0.1, -0.05) is 42.0 Å². The fourth-order valence-electron chi connectivity index (χ4n) is 5.57. The Morgan fingerprint density at radius 2 is 1.23 bits per heavy atom. The van der Waals surface area contributed by atoms with Gasteiger partial charge in [0.15, 0.2) is 0 Å². The van der Waals surface area contributed by atoms with Gasteiger partial charge in [0.2, 0.25) is 0 Å². The Kier molecular flexibility index (Phi) is 17.8. The zero-order chi connectivity index (χ0) is 43.0. The summed E-state index contributed by atoms with van der Waals surface area (Å²) in [4.78, 5) is 26.4. The first-order chi connectivity index (χ1) is 28.8. The predicted molar refractivity (Wildman–Crippen MR) is 235 cm³/mol. The summed E-state index contributed by atoms with van der Waals surface area (Å²) in [5.41, 5.74) is 5.37. The lowest BCUT2D eigenvalue weighted by Gasteiger charge is -2.26. The van der Waals surface area contributed by atoms with Crippen molar-refractivity contribution in [1.82, 2.24) is 9.97 Å². The molecule has 0 atom stereocenters. The highest BCUT2D eigenvalue weighted by molar-refractivity contribution is 7.86. The lowest BCUT2D eigenvalue weighted by molar-refractivity contribution is -0.0122. The van der Waals surface area contributed by atoms with Gasteiger partial charge in [-0.25, -0.2) is 14.8 Å². The van der Waals surface area contributed by atoms with Gasteiger partial charge in [-0.3, -0.25) is 9.08 Å². The van der Waals surface area contributed by atoms with E-state index in [0.717, 1.165) is 43.2 Å². The Labute approximate surface area is 357 Å². The van der Waals surface area contributed by atoms with Gasteiger partial charge in [0, 0.05) is 37.1 Å². The molecule has 5 aromatic rings. The van der Waals surface area contributed by atoms with Crippen LogP contribution in [0.3, 0.4) is 0 Å². The van der Waals surface area contributed by atoms with E-state index in [9.17, 15) is 13.2 Å². The highest BCUT2D eigenvalue weighted by atomic mass is 32.2. The maximum absolute atomic E-state index is 13.2. The minimum atomic E-state index is -3.80. The summed E-state index contributed by atoms with van der Waals surface area (Å²) in [5.74, 6) is 0.460. The Hall–Kier alpha value is -4.52. The smallest absolute Gasteiger partial charge is 0.416 e. The maximum Gasteiger partial charge on any atom is 0.416 e.